The summed E-state index contributed by atoms with van der Waals surface area (Å²) in [5.41, 5.74) is 8.62. The van der Waals surface area contributed by atoms with Gasteiger partial charge < -0.3 is 22.1 Å². The fourth-order valence-electron chi connectivity index (χ4n) is 1.77. The van der Waals surface area contributed by atoms with Gasteiger partial charge in [-0.05, 0) is 39.0 Å². The van der Waals surface area contributed by atoms with Crippen LogP contribution in [0.3, 0.4) is 0 Å². The van der Waals surface area contributed by atoms with Crippen LogP contribution in [0.15, 0.2) is 24.0 Å². The zero-order valence-corrected chi connectivity index (χ0v) is 13.9. The van der Waals surface area contributed by atoms with Crippen molar-refractivity contribution >= 4 is 11.6 Å². The van der Waals surface area contributed by atoms with E-state index in [1.165, 1.54) is 12.2 Å². The summed E-state index contributed by atoms with van der Waals surface area (Å²) in [6.45, 7) is 4.89. The summed E-state index contributed by atoms with van der Waals surface area (Å²) < 4.78 is 42.5. The number of hydrogen-bond acceptors (Lipinski definition) is 4. The fourth-order valence-corrected chi connectivity index (χ4v) is 1.77. The van der Waals surface area contributed by atoms with Crippen LogP contribution in [0.25, 0.3) is 5.70 Å². The van der Waals surface area contributed by atoms with Crippen LogP contribution in [0.2, 0.25) is 0 Å². The molecule has 1 amide bonds. The second-order valence-electron chi connectivity index (χ2n) is 6.11. The van der Waals surface area contributed by atoms with Crippen molar-refractivity contribution < 1.29 is 18.0 Å². The van der Waals surface area contributed by atoms with Crippen molar-refractivity contribution in [3.8, 4) is 0 Å². The fraction of sp³-hybridized carbons (Fsp3) is 0.312. The highest BCUT2D eigenvalue weighted by atomic mass is 19.2. The maximum atomic E-state index is 14.2. The molecule has 6 N–H and O–H groups in total. The molecule has 24 heavy (non-hydrogen) atoms. The molecule has 0 atom stereocenters. The molecule has 0 heterocycles. The average molecular weight is 342 g/mol. The van der Waals surface area contributed by atoms with Gasteiger partial charge in [0, 0.05) is 23.8 Å². The molecule has 0 saturated carbocycles. The van der Waals surface area contributed by atoms with Gasteiger partial charge in [0.05, 0.1) is 5.82 Å². The van der Waals surface area contributed by atoms with Gasteiger partial charge in [-0.2, -0.15) is 0 Å². The summed E-state index contributed by atoms with van der Waals surface area (Å²) in [6.07, 6.45) is 2.50. The van der Waals surface area contributed by atoms with E-state index in [9.17, 15) is 18.0 Å². The first-order valence-corrected chi connectivity index (χ1v) is 7.09. The molecule has 0 aliphatic rings. The van der Waals surface area contributed by atoms with E-state index in [-0.39, 0.29) is 11.5 Å². The van der Waals surface area contributed by atoms with E-state index in [2.05, 4.69) is 10.6 Å². The molecule has 1 rings (SSSR count). The Morgan fingerprint density at radius 1 is 1.12 bits per heavy atom. The molecule has 0 fully saturated rings. The SMILES string of the molecule is CN/C(N)=C/C=C(\N)c1cc(F)c(C(=O)NC(C)(C)C)c(F)c1F. The Balaban J connectivity index is 3.35. The monoisotopic (exact) mass is 342 g/mol. The normalized spacial score (nSPS) is 13.0. The Bertz CT molecular complexity index is 706. The van der Waals surface area contributed by atoms with Crippen LogP contribution in [0.4, 0.5) is 13.2 Å². The number of amides is 1. The number of carbonyl (C=O) groups excluding carboxylic acids is 1. The van der Waals surface area contributed by atoms with E-state index in [0.29, 0.717) is 6.07 Å². The van der Waals surface area contributed by atoms with Crippen LogP contribution in [0.5, 0.6) is 0 Å². The molecule has 1 aromatic rings. The summed E-state index contributed by atoms with van der Waals surface area (Å²) in [7, 11) is 1.55. The molecule has 1 aromatic carbocycles. The molecule has 5 nitrogen and oxygen atoms in total. The van der Waals surface area contributed by atoms with Gasteiger partial charge in [-0.1, -0.05) is 0 Å². The Hall–Kier alpha value is -2.64. The lowest BCUT2D eigenvalue weighted by Gasteiger charge is -2.21. The highest BCUT2D eigenvalue weighted by molar-refractivity contribution is 5.95. The van der Waals surface area contributed by atoms with Crippen molar-refractivity contribution in [2.75, 3.05) is 7.05 Å². The number of nitrogens with two attached hydrogens (primary N) is 2. The number of carbonyl (C=O) groups is 1. The molecule has 0 bridgehead atoms. The van der Waals surface area contributed by atoms with Crippen molar-refractivity contribution in [3.63, 3.8) is 0 Å². The number of benzene rings is 1. The first kappa shape index (κ1) is 19.4. The molecule has 0 unspecified atom stereocenters. The minimum absolute atomic E-state index is 0.223. The van der Waals surface area contributed by atoms with Crippen LogP contribution in [-0.4, -0.2) is 18.5 Å². The zero-order chi connectivity index (χ0) is 18.7. The van der Waals surface area contributed by atoms with E-state index in [1.54, 1.807) is 27.8 Å². The molecular formula is C16H21F3N4O. The standard InChI is InChI=1S/C16H21F3N4O/c1-16(2,3)23-15(24)12-9(17)7-8(13(18)14(12)19)10(20)5-6-11(21)22-4/h5-7,22H,20-21H2,1-4H3,(H,23,24)/b10-5-,11-6+. The summed E-state index contributed by atoms with van der Waals surface area (Å²) in [5.74, 6) is -5.06. The highest BCUT2D eigenvalue weighted by Gasteiger charge is 2.27. The summed E-state index contributed by atoms with van der Waals surface area (Å²) in [5, 5.41) is 4.97. The first-order valence-electron chi connectivity index (χ1n) is 7.09. The van der Waals surface area contributed by atoms with Crippen LogP contribution < -0.4 is 22.1 Å². The largest absolute Gasteiger partial charge is 0.398 e. The molecule has 8 heteroatoms. The molecule has 0 radical (unpaired) electrons. The Kier molecular flexibility index (Phi) is 5.89. The number of halogens is 3. The predicted molar refractivity (Wildman–Crippen MR) is 87.0 cm³/mol. The van der Waals surface area contributed by atoms with Crippen molar-refractivity contribution in [2.24, 2.45) is 11.5 Å². The zero-order valence-electron chi connectivity index (χ0n) is 13.9. The van der Waals surface area contributed by atoms with Gasteiger partial charge in [-0.15, -0.1) is 0 Å². The maximum Gasteiger partial charge on any atom is 0.257 e. The maximum absolute atomic E-state index is 14.2. The number of nitrogens with one attached hydrogen (secondary N) is 2. The average Bonchev–Trinajstić information content (AvgIpc) is 2.46. The van der Waals surface area contributed by atoms with E-state index in [4.69, 9.17) is 11.5 Å². The van der Waals surface area contributed by atoms with Crippen LogP contribution in [-0.2, 0) is 0 Å². The Morgan fingerprint density at radius 2 is 1.71 bits per heavy atom. The summed E-state index contributed by atoms with van der Waals surface area (Å²) in [4.78, 5) is 12.0. The lowest BCUT2D eigenvalue weighted by molar-refractivity contribution is 0.0909. The van der Waals surface area contributed by atoms with E-state index in [0.717, 1.165) is 0 Å². The summed E-state index contributed by atoms with van der Waals surface area (Å²) in [6, 6.07) is 0.672. The quantitative estimate of drug-likeness (QED) is 0.497. The van der Waals surface area contributed by atoms with Gasteiger partial charge in [0.15, 0.2) is 11.6 Å². The van der Waals surface area contributed by atoms with Gasteiger partial charge in [0.2, 0.25) is 0 Å². The number of allylic oxidation sites excluding steroid dienone is 2. The smallest absolute Gasteiger partial charge is 0.257 e. The van der Waals surface area contributed by atoms with Crippen LogP contribution in [0, 0.1) is 17.5 Å². The van der Waals surface area contributed by atoms with Crippen molar-refractivity contribution in [3.05, 3.63) is 52.6 Å². The molecule has 0 aliphatic heterocycles. The second-order valence-corrected chi connectivity index (χ2v) is 6.11. The third-order valence-electron chi connectivity index (χ3n) is 2.92. The van der Waals surface area contributed by atoms with Crippen molar-refractivity contribution in [2.45, 2.75) is 26.3 Å². The lowest BCUT2D eigenvalue weighted by Crippen LogP contribution is -2.41. The van der Waals surface area contributed by atoms with Gasteiger partial charge in [0.1, 0.15) is 11.4 Å². The Morgan fingerprint density at radius 3 is 2.21 bits per heavy atom. The number of rotatable bonds is 4. The van der Waals surface area contributed by atoms with E-state index < -0.39 is 40.0 Å². The highest BCUT2D eigenvalue weighted by Crippen LogP contribution is 2.24. The predicted octanol–water partition coefficient (Wildman–Crippen LogP) is 1.95. The molecule has 132 valence electrons. The van der Waals surface area contributed by atoms with Crippen LogP contribution >= 0.6 is 0 Å². The Labute approximate surface area is 138 Å². The third kappa shape index (κ3) is 4.68. The third-order valence-corrected chi connectivity index (χ3v) is 2.92. The van der Waals surface area contributed by atoms with Crippen LogP contribution in [0.1, 0.15) is 36.7 Å². The minimum atomic E-state index is -1.60. The molecule has 0 aromatic heterocycles. The van der Waals surface area contributed by atoms with Gasteiger partial charge in [0.25, 0.3) is 5.91 Å². The molecule has 0 aliphatic carbocycles. The van der Waals surface area contributed by atoms with Crippen molar-refractivity contribution in [1.29, 1.82) is 0 Å². The number of hydrogen-bond donors (Lipinski definition) is 4. The van der Waals surface area contributed by atoms with Gasteiger partial charge >= 0.3 is 0 Å². The lowest BCUT2D eigenvalue weighted by atomic mass is 10.0. The minimum Gasteiger partial charge on any atom is -0.398 e. The molecule has 0 spiro atoms. The first-order chi connectivity index (χ1) is 11.0. The second kappa shape index (κ2) is 7.29. The molecular weight excluding hydrogens is 321 g/mol. The van der Waals surface area contributed by atoms with Gasteiger partial charge in [-0.3, -0.25) is 4.79 Å². The topological polar surface area (TPSA) is 93.2 Å². The van der Waals surface area contributed by atoms with E-state index in [1.807, 2.05) is 0 Å². The van der Waals surface area contributed by atoms with Gasteiger partial charge in [-0.25, -0.2) is 13.2 Å². The van der Waals surface area contributed by atoms with Crippen molar-refractivity contribution in [1.82, 2.24) is 10.6 Å². The van der Waals surface area contributed by atoms with E-state index >= 15 is 0 Å². The molecule has 0 saturated heterocycles. The summed E-state index contributed by atoms with van der Waals surface area (Å²) >= 11 is 0.